The van der Waals surface area contributed by atoms with E-state index in [0.717, 1.165) is 18.8 Å². The first-order valence-corrected chi connectivity index (χ1v) is 7.75. The lowest BCUT2D eigenvalue weighted by Crippen LogP contribution is -2.13. The molecule has 0 fully saturated rings. The molecule has 0 spiro atoms. The lowest BCUT2D eigenvalue weighted by atomic mass is 10.2. The Kier molecular flexibility index (Phi) is 5.96. The summed E-state index contributed by atoms with van der Waals surface area (Å²) in [5, 5.41) is 3.41. The van der Waals surface area contributed by atoms with Crippen LogP contribution < -0.4 is 10.1 Å². The Morgan fingerprint density at radius 2 is 1.55 bits per heavy atom. The fourth-order valence-corrected chi connectivity index (χ4v) is 2.68. The first-order chi connectivity index (χ1) is 9.81. The molecular weight excluding hydrogens is 266 g/mol. The van der Waals surface area contributed by atoms with Crippen molar-refractivity contribution in [2.75, 3.05) is 13.7 Å². The van der Waals surface area contributed by atoms with Crippen molar-refractivity contribution in [3.05, 3.63) is 54.1 Å². The van der Waals surface area contributed by atoms with Gasteiger partial charge in [-0.1, -0.05) is 30.8 Å². The van der Waals surface area contributed by atoms with E-state index in [1.807, 2.05) is 12.1 Å². The molecule has 0 bridgehead atoms. The van der Waals surface area contributed by atoms with Gasteiger partial charge in [-0.15, -0.1) is 0 Å². The molecular formula is C17H21NOS. The number of hydrogen-bond acceptors (Lipinski definition) is 3. The number of methoxy groups -OCH3 is 1. The van der Waals surface area contributed by atoms with E-state index in [4.69, 9.17) is 4.74 Å². The summed E-state index contributed by atoms with van der Waals surface area (Å²) >= 11 is 1.77. The van der Waals surface area contributed by atoms with Crippen molar-refractivity contribution in [1.82, 2.24) is 5.32 Å². The molecule has 0 saturated carbocycles. The van der Waals surface area contributed by atoms with Gasteiger partial charge in [-0.05, 0) is 54.9 Å². The maximum absolute atomic E-state index is 5.17. The molecule has 0 heterocycles. The highest BCUT2D eigenvalue weighted by Gasteiger charge is 1.99. The van der Waals surface area contributed by atoms with Crippen LogP contribution in [-0.2, 0) is 6.54 Å². The second-order valence-electron chi connectivity index (χ2n) is 4.60. The minimum atomic E-state index is 0.895. The lowest BCUT2D eigenvalue weighted by Gasteiger charge is -2.06. The van der Waals surface area contributed by atoms with Crippen LogP contribution in [0.2, 0.25) is 0 Å². The topological polar surface area (TPSA) is 21.3 Å². The molecule has 20 heavy (non-hydrogen) atoms. The third-order valence-corrected chi connectivity index (χ3v) is 3.99. The summed E-state index contributed by atoms with van der Waals surface area (Å²) < 4.78 is 5.17. The molecule has 0 radical (unpaired) electrons. The highest BCUT2D eigenvalue weighted by atomic mass is 32.2. The monoisotopic (exact) mass is 287 g/mol. The second-order valence-corrected chi connectivity index (χ2v) is 5.75. The summed E-state index contributed by atoms with van der Waals surface area (Å²) in [4.78, 5) is 2.48. The van der Waals surface area contributed by atoms with Crippen molar-refractivity contribution in [2.24, 2.45) is 0 Å². The Morgan fingerprint density at radius 1 is 0.950 bits per heavy atom. The number of rotatable bonds is 7. The maximum Gasteiger partial charge on any atom is 0.118 e. The predicted molar refractivity (Wildman–Crippen MR) is 85.6 cm³/mol. The highest BCUT2D eigenvalue weighted by molar-refractivity contribution is 7.99. The summed E-state index contributed by atoms with van der Waals surface area (Å²) in [5.74, 6) is 0.895. The Balaban J connectivity index is 1.92. The molecule has 2 rings (SSSR count). The van der Waals surface area contributed by atoms with Gasteiger partial charge in [0.25, 0.3) is 0 Å². The zero-order valence-corrected chi connectivity index (χ0v) is 12.9. The summed E-state index contributed by atoms with van der Waals surface area (Å²) in [7, 11) is 1.69. The average molecular weight is 287 g/mol. The van der Waals surface area contributed by atoms with Crippen molar-refractivity contribution in [2.45, 2.75) is 29.7 Å². The average Bonchev–Trinajstić information content (AvgIpc) is 2.50. The number of ether oxygens (including phenoxy) is 1. The van der Waals surface area contributed by atoms with Crippen LogP contribution in [-0.4, -0.2) is 13.7 Å². The third-order valence-electron chi connectivity index (χ3n) is 2.97. The fraction of sp³-hybridized carbons (Fsp3) is 0.294. The van der Waals surface area contributed by atoms with Crippen LogP contribution in [0.5, 0.6) is 5.75 Å². The minimum Gasteiger partial charge on any atom is -0.497 e. The molecule has 2 aromatic carbocycles. The first kappa shape index (κ1) is 14.9. The van der Waals surface area contributed by atoms with Crippen LogP contribution in [0.15, 0.2) is 58.3 Å². The molecule has 2 nitrogen and oxygen atoms in total. The molecule has 106 valence electrons. The summed E-state index contributed by atoms with van der Waals surface area (Å²) in [6, 6.07) is 16.9. The van der Waals surface area contributed by atoms with Gasteiger partial charge in [0, 0.05) is 16.3 Å². The zero-order chi connectivity index (χ0) is 14.2. The van der Waals surface area contributed by atoms with Crippen LogP contribution in [0.25, 0.3) is 0 Å². The van der Waals surface area contributed by atoms with Crippen molar-refractivity contribution >= 4 is 11.8 Å². The van der Waals surface area contributed by atoms with Crippen LogP contribution in [0.4, 0.5) is 0 Å². The van der Waals surface area contributed by atoms with Crippen molar-refractivity contribution in [3.8, 4) is 5.75 Å². The molecule has 0 aliphatic rings. The Labute approximate surface area is 125 Å². The number of benzene rings is 2. The van der Waals surface area contributed by atoms with E-state index in [1.54, 1.807) is 18.9 Å². The molecule has 1 N–H and O–H groups in total. The molecule has 0 amide bonds. The van der Waals surface area contributed by atoms with Crippen LogP contribution in [0.1, 0.15) is 18.9 Å². The molecule has 0 aliphatic heterocycles. The number of hydrogen-bond donors (Lipinski definition) is 1. The van der Waals surface area contributed by atoms with E-state index in [0.29, 0.717) is 0 Å². The van der Waals surface area contributed by atoms with E-state index >= 15 is 0 Å². The van der Waals surface area contributed by atoms with Crippen LogP contribution in [0.3, 0.4) is 0 Å². The van der Waals surface area contributed by atoms with Crippen molar-refractivity contribution in [1.29, 1.82) is 0 Å². The third kappa shape index (κ3) is 4.58. The van der Waals surface area contributed by atoms with Gasteiger partial charge in [0.2, 0.25) is 0 Å². The summed E-state index contributed by atoms with van der Waals surface area (Å²) in [6.45, 7) is 4.20. The maximum atomic E-state index is 5.17. The molecule has 0 aromatic heterocycles. The minimum absolute atomic E-state index is 0.895. The van der Waals surface area contributed by atoms with Gasteiger partial charge in [0.15, 0.2) is 0 Å². The molecule has 0 atom stereocenters. The van der Waals surface area contributed by atoms with Crippen LogP contribution >= 0.6 is 11.8 Å². The Hall–Kier alpha value is -1.45. The van der Waals surface area contributed by atoms with E-state index < -0.39 is 0 Å². The van der Waals surface area contributed by atoms with Gasteiger partial charge < -0.3 is 10.1 Å². The SMILES string of the molecule is CCCNCc1ccc(Sc2ccc(OC)cc2)cc1. The Bertz CT molecular complexity index is 508. The standard InChI is InChI=1S/C17H21NOS/c1-3-12-18-13-14-4-8-16(9-5-14)20-17-10-6-15(19-2)7-11-17/h4-11,18H,3,12-13H2,1-2H3. The van der Waals surface area contributed by atoms with Gasteiger partial charge in [-0.2, -0.15) is 0 Å². The van der Waals surface area contributed by atoms with Crippen molar-refractivity contribution < 1.29 is 4.74 Å². The van der Waals surface area contributed by atoms with Crippen molar-refractivity contribution in [3.63, 3.8) is 0 Å². The molecule has 0 aliphatic carbocycles. The molecule has 3 heteroatoms. The van der Waals surface area contributed by atoms with Gasteiger partial charge in [-0.25, -0.2) is 0 Å². The smallest absolute Gasteiger partial charge is 0.118 e. The molecule has 0 saturated heterocycles. The van der Waals surface area contributed by atoms with Crippen LogP contribution in [0, 0.1) is 0 Å². The number of nitrogens with one attached hydrogen (secondary N) is 1. The van der Waals surface area contributed by atoms with E-state index in [2.05, 4.69) is 48.6 Å². The zero-order valence-electron chi connectivity index (χ0n) is 12.1. The predicted octanol–water partition coefficient (Wildman–Crippen LogP) is 4.35. The molecule has 2 aromatic rings. The van der Waals surface area contributed by atoms with Gasteiger partial charge in [-0.3, -0.25) is 0 Å². The second kappa shape index (κ2) is 7.98. The Morgan fingerprint density at radius 3 is 2.10 bits per heavy atom. The molecule has 0 unspecified atom stereocenters. The van der Waals surface area contributed by atoms with Gasteiger partial charge in [0.05, 0.1) is 7.11 Å². The quantitative estimate of drug-likeness (QED) is 0.765. The fourth-order valence-electron chi connectivity index (χ4n) is 1.86. The highest BCUT2D eigenvalue weighted by Crippen LogP contribution is 2.29. The summed E-state index contributed by atoms with van der Waals surface area (Å²) in [6.07, 6.45) is 1.17. The van der Waals surface area contributed by atoms with Gasteiger partial charge >= 0.3 is 0 Å². The summed E-state index contributed by atoms with van der Waals surface area (Å²) in [5.41, 5.74) is 1.33. The van der Waals surface area contributed by atoms with E-state index in [-0.39, 0.29) is 0 Å². The van der Waals surface area contributed by atoms with E-state index in [9.17, 15) is 0 Å². The van der Waals surface area contributed by atoms with E-state index in [1.165, 1.54) is 21.8 Å². The first-order valence-electron chi connectivity index (χ1n) is 6.93. The lowest BCUT2D eigenvalue weighted by molar-refractivity contribution is 0.414. The largest absolute Gasteiger partial charge is 0.497 e. The van der Waals surface area contributed by atoms with Gasteiger partial charge in [0.1, 0.15) is 5.75 Å². The normalized spacial score (nSPS) is 10.5.